The third kappa shape index (κ3) is 4.47. The van der Waals surface area contributed by atoms with E-state index in [1.807, 2.05) is 19.9 Å². The number of anilines is 2. The average Bonchev–Trinajstić information content (AvgIpc) is 2.81. The number of nitrogen functional groups attached to an aromatic ring is 1. The molecule has 0 spiro atoms. The summed E-state index contributed by atoms with van der Waals surface area (Å²) in [5.74, 6) is -0.310. The zero-order valence-corrected chi connectivity index (χ0v) is 15.0. The van der Waals surface area contributed by atoms with Gasteiger partial charge in [0, 0.05) is 33.8 Å². The second kappa shape index (κ2) is 7.34. The minimum atomic E-state index is -0.278. The third-order valence-electron chi connectivity index (χ3n) is 3.28. The lowest BCUT2D eigenvalue weighted by molar-refractivity contribution is -0.116. The summed E-state index contributed by atoms with van der Waals surface area (Å²) in [4.78, 5) is 26.2. The summed E-state index contributed by atoms with van der Waals surface area (Å²) in [7, 11) is 0. The Balaban J connectivity index is 1.95. The fraction of sp³-hybridized carbons (Fsp3) is 0.250. The molecule has 0 unspecified atom stereocenters. The maximum absolute atomic E-state index is 12.2. The van der Waals surface area contributed by atoms with Crippen molar-refractivity contribution in [2.75, 3.05) is 11.1 Å². The van der Waals surface area contributed by atoms with Gasteiger partial charge >= 0.3 is 0 Å². The fourth-order valence-electron chi connectivity index (χ4n) is 2.15. The van der Waals surface area contributed by atoms with Crippen LogP contribution in [0.15, 0.2) is 18.2 Å². The van der Waals surface area contributed by atoms with E-state index in [0.717, 1.165) is 9.75 Å². The van der Waals surface area contributed by atoms with E-state index in [1.165, 1.54) is 12.1 Å². The molecule has 1 aromatic carbocycles. The first kappa shape index (κ1) is 17.8. The number of hydrogen-bond donors (Lipinski definition) is 2. The molecule has 7 heteroatoms. The number of rotatable bonds is 5. The number of benzene rings is 1. The summed E-state index contributed by atoms with van der Waals surface area (Å²) in [5.41, 5.74) is 7.05. The average molecular weight is 371 g/mol. The largest absolute Gasteiger partial charge is 0.396 e. The normalized spacial score (nSPS) is 10.6. The minimum Gasteiger partial charge on any atom is -0.396 e. The number of Topliss-reactive ketones (excluding diaryl/α,β-unsaturated/α-hetero) is 1. The van der Waals surface area contributed by atoms with Crippen molar-refractivity contribution in [1.82, 2.24) is 0 Å². The van der Waals surface area contributed by atoms with Gasteiger partial charge in [0.2, 0.25) is 5.91 Å². The van der Waals surface area contributed by atoms with Gasteiger partial charge in [0.05, 0.1) is 15.7 Å². The molecule has 1 aromatic heterocycles. The number of thiophene rings is 1. The van der Waals surface area contributed by atoms with Crippen LogP contribution in [0.4, 0.5) is 11.4 Å². The molecule has 0 fully saturated rings. The molecule has 0 aliphatic heterocycles. The lowest BCUT2D eigenvalue weighted by Crippen LogP contribution is -2.13. The van der Waals surface area contributed by atoms with E-state index in [1.54, 1.807) is 11.3 Å². The van der Waals surface area contributed by atoms with Crippen molar-refractivity contribution >= 4 is 57.6 Å². The molecule has 1 heterocycles. The number of halogens is 2. The Morgan fingerprint density at radius 2 is 1.74 bits per heavy atom. The van der Waals surface area contributed by atoms with Crippen LogP contribution < -0.4 is 11.1 Å². The fourth-order valence-corrected chi connectivity index (χ4v) is 3.58. The van der Waals surface area contributed by atoms with Gasteiger partial charge in [-0.2, -0.15) is 0 Å². The second-order valence-electron chi connectivity index (χ2n) is 5.15. The van der Waals surface area contributed by atoms with Gasteiger partial charge in [-0.25, -0.2) is 0 Å². The topological polar surface area (TPSA) is 72.2 Å². The van der Waals surface area contributed by atoms with E-state index in [-0.39, 0.29) is 40.3 Å². The molecule has 122 valence electrons. The number of carbonyl (C=O) groups is 2. The third-order valence-corrected chi connectivity index (χ3v) is 4.87. The molecule has 0 atom stereocenters. The van der Waals surface area contributed by atoms with E-state index in [0.29, 0.717) is 11.3 Å². The smallest absolute Gasteiger partial charge is 0.224 e. The van der Waals surface area contributed by atoms with E-state index < -0.39 is 0 Å². The number of aryl methyl sites for hydroxylation is 2. The highest BCUT2D eigenvalue weighted by Gasteiger charge is 2.14. The Hall–Kier alpha value is -1.56. The monoisotopic (exact) mass is 370 g/mol. The van der Waals surface area contributed by atoms with Crippen LogP contribution >= 0.6 is 34.5 Å². The van der Waals surface area contributed by atoms with Gasteiger partial charge in [0.15, 0.2) is 5.78 Å². The van der Waals surface area contributed by atoms with Crippen molar-refractivity contribution in [3.8, 4) is 0 Å². The van der Waals surface area contributed by atoms with Crippen molar-refractivity contribution in [3.63, 3.8) is 0 Å². The van der Waals surface area contributed by atoms with Crippen LogP contribution in [0.5, 0.6) is 0 Å². The molecule has 2 aromatic rings. The molecule has 2 rings (SSSR count). The molecule has 0 saturated carbocycles. The van der Waals surface area contributed by atoms with Crippen LogP contribution in [0.25, 0.3) is 0 Å². The van der Waals surface area contributed by atoms with Crippen molar-refractivity contribution in [1.29, 1.82) is 0 Å². The molecule has 0 aliphatic carbocycles. The maximum atomic E-state index is 12.2. The number of carbonyl (C=O) groups excluding carboxylic acids is 2. The van der Waals surface area contributed by atoms with E-state index in [4.69, 9.17) is 28.9 Å². The first-order chi connectivity index (χ1) is 10.8. The van der Waals surface area contributed by atoms with E-state index in [2.05, 4.69) is 5.32 Å². The van der Waals surface area contributed by atoms with Crippen LogP contribution in [0.1, 0.15) is 33.0 Å². The zero-order chi connectivity index (χ0) is 17.1. The molecule has 23 heavy (non-hydrogen) atoms. The standard InChI is InChI=1S/C16H16Cl2N2O2S/c1-8-5-11(9(2)23-8)14(21)3-4-15(22)20-10-6-12(17)16(19)13(18)7-10/h5-7H,3-4,19H2,1-2H3,(H,20,22). The molecule has 1 amide bonds. The maximum Gasteiger partial charge on any atom is 0.224 e. The van der Waals surface area contributed by atoms with Gasteiger partial charge in [0.1, 0.15) is 0 Å². The van der Waals surface area contributed by atoms with Gasteiger partial charge in [0.25, 0.3) is 0 Å². The van der Waals surface area contributed by atoms with Crippen molar-refractivity contribution in [2.24, 2.45) is 0 Å². The first-order valence-electron chi connectivity index (χ1n) is 6.92. The molecule has 0 aliphatic rings. The summed E-state index contributed by atoms with van der Waals surface area (Å²) in [6.07, 6.45) is 0.242. The quantitative estimate of drug-likeness (QED) is 0.583. The molecule has 4 nitrogen and oxygen atoms in total. The summed E-state index contributed by atoms with van der Waals surface area (Å²) in [5, 5.41) is 3.21. The Bertz CT molecular complexity index is 748. The van der Waals surface area contributed by atoms with Crippen LogP contribution in [0.2, 0.25) is 10.0 Å². The SMILES string of the molecule is Cc1cc(C(=O)CCC(=O)Nc2cc(Cl)c(N)c(Cl)c2)c(C)s1. The van der Waals surface area contributed by atoms with Gasteiger partial charge in [-0.05, 0) is 32.0 Å². The number of ketones is 1. The van der Waals surface area contributed by atoms with Crippen LogP contribution in [-0.2, 0) is 4.79 Å². The molecular weight excluding hydrogens is 355 g/mol. The summed E-state index contributed by atoms with van der Waals surface area (Å²) >= 11 is 13.4. The number of amides is 1. The van der Waals surface area contributed by atoms with Gasteiger partial charge in [-0.1, -0.05) is 23.2 Å². The Labute approximate surface area is 148 Å². The molecule has 0 bridgehead atoms. The van der Waals surface area contributed by atoms with Crippen LogP contribution in [-0.4, -0.2) is 11.7 Å². The van der Waals surface area contributed by atoms with Gasteiger partial charge < -0.3 is 11.1 Å². The highest BCUT2D eigenvalue weighted by molar-refractivity contribution is 7.12. The summed E-state index contributed by atoms with van der Waals surface area (Å²) < 4.78 is 0. The molecule has 3 N–H and O–H groups in total. The van der Waals surface area contributed by atoms with Crippen molar-refractivity contribution in [2.45, 2.75) is 26.7 Å². The molecule has 0 radical (unpaired) electrons. The Kier molecular flexibility index (Phi) is 5.68. The Morgan fingerprint density at radius 1 is 1.13 bits per heavy atom. The van der Waals surface area contributed by atoms with Crippen molar-refractivity contribution < 1.29 is 9.59 Å². The summed E-state index contributed by atoms with van der Waals surface area (Å²) in [6.45, 7) is 3.86. The Morgan fingerprint density at radius 3 is 2.26 bits per heavy atom. The summed E-state index contributed by atoms with van der Waals surface area (Å²) in [6, 6.07) is 4.91. The van der Waals surface area contributed by atoms with Crippen LogP contribution in [0, 0.1) is 13.8 Å². The van der Waals surface area contributed by atoms with E-state index >= 15 is 0 Å². The number of nitrogens with two attached hydrogens (primary N) is 1. The second-order valence-corrected chi connectivity index (χ2v) is 7.43. The predicted octanol–water partition coefficient (Wildman–Crippen LogP) is 4.86. The van der Waals surface area contributed by atoms with Crippen LogP contribution in [0.3, 0.4) is 0 Å². The molecule has 0 saturated heterocycles. The minimum absolute atomic E-state index is 0.0321. The molecular formula is C16H16Cl2N2O2S. The van der Waals surface area contributed by atoms with E-state index in [9.17, 15) is 9.59 Å². The predicted molar refractivity (Wildman–Crippen MR) is 96.9 cm³/mol. The lowest BCUT2D eigenvalue weighted by Gasteiger charge is -2.08. The van der Waals surface area contributed by atoms with Gasteiger partial charge in [-0.15, -0.1) is 11.3 Å². The lowest BCUT2D eigenvalue weighted by atomic mass is 10.1. The zero-order valence-electron chi connectivity index (χ0n) is 12.7. The number of hydrogen-bond acceptors (Lipinski definition) is 4. The van der Waals surface area contributed by atoms with Gasteiger partial charge in [-0.3, -0.25) is 9.59 Å². The highest BCUT2D eigenvalue weighted by atomic mass is 35.5. The number of nitrogens with one attached hydrogen (secondary N) is 1. The first-order valence-corrected chi connectivity index (χ1v) is 8.49. The highest BCUT2D eigenvalue weighted by Crippen LogP contribution is 2.31. The van der Waals surface area contributed by atoms with Crippen molar-refractivity contribution in [3.05, 3.63) is 43.6 Å².